The number of anilines is 1. The molecule has 3 rings (SSSR count). The number of alkyl halides is 3. The van der Waals surface area contributed by atoms with Crippen molar-refractivity contribution < 1.29 is 13.2 Å². The maximum absolute atomic E-state index is 13.7. The van der Waals surface area contributed by atoms with Gasteiger partial charge in [-0.25, -0.2) is 0 Å². The van der Waals surface area contributed by atoms with Crippen molar-refractivity contribution in [3.63, 3.8) is 0 Å². The topological polar surface area (TPSA) is 9.72 Å². The van der Waals surface area contributed by atoms with Gasteiger partial charge in [0.1, 0.15) is 0 Å². The number of nitrogens with zero attached hydrogens (tertiary/aromatic N) is 3. The first-order valence-corrected chi connectivity index (χ1v) is 11.5. The van der Waals surface area contributed by atoms with Gasteiger partial charge in [-0.05, 0) is 87.4 Å². The highest BCUT2D eigenvalue weighted by Gasteiger charge is 2.34. The highest BCUT2D eigenvalue weighted by atomic mass is 35.5. The van der Waals surface area contributed by atoms with Gasteiger partial charge >= 0.3 is 6.18 Å². The molecule has 32 heavy (non-hydrogen) atoms. The number of halogens is 5. The molecule has 176 valence electrons. The summed E-state index contributed by atoms with van der Waals surface area (Å²) in [6.07, 6.45) is -2.61. The molecule has 0 atom stereocenters. The minimum Gasteiger partial charge on any atom is -0.373 e. The molecule has 2 aromatic carbocycles. The SMILES string of the molecule is CN(C)CCN(C)c1ccc(C(F)(F)F)c(CN2CCC(c3ccc(Cl)c(Cl)c3)CC2)c1. The van der Waals surface area contributed by atoms with Gasteiger partial charge in [0, 0.05) is 32.4 Å². The number of likely N-dealkylation sites (N-methyl/N-ethyl adjacent to an activating group) is 2. The largest absolute Gasteiger partial charge is 0.416 e. The van der Waals surface area contributed by atoms with Crippen molar-refractivity contribution in [3.8, 4) is 0 Å². The third-order valence-corrected chi connectivity index (χ3v) is 6.85. The van der Waals surface area contributed by atoms with E-state index in [1.54, 1.807) is 18.2 Å². The molecule has 0 aliphatic carbocycles. The van der Waals surface area contributed by atoms with Gasteiger partial charge in [-0.3, -0.25) is 4.90 Å². The third kappa shape index (κ3) is 6.53. The molecule has 0 radical (unpaired) electrons. The Morgan fingerprint density at radius 3 is 2.22 bits per heavy atom. The zero-order valence-electron chi connectivity index (χ0n) is 18.7. The lowest BCUT2D eigenvalue weighted by molar-refractivity contribution is -0.138. The number of hydrogen-bond acceptors (Lipinski definition) is 3. The second-order valence-electron chi connectivity index (χ2n) is 8.79. The molecule has 0 aromatic heterocycles. The summed E-state index contributed by atoms with van der Waals surface area (Å²) in [4.78, 5) is 6.17. The minimum atomic E-state index is -4.37. The van der Waals surface area contributed by atoms with E-state index in [2.05, 4.69) is 9.80 Å². The van der Waals surface area contributed by atoms with Crippen molar-refractivity contribution in [2.75, 3.05) is 52.2 Å². The second-order valence-corrected chi connectivity index (χ2v) is 9.60. The zero-order chi connectivity index (χ0) is 23.5. The van der Waals surface area contributed by atoms with E-state index in [9.17, 15) is 13.2 Å². The van der Waals surface area contributed by atoms with Crippen molar-refractivity contribution in [1.29, 1.82) is 0 Å². The van der Waals surface area contributed by atoms with Crippen molar-refractivity contribution >= 4 is 28.9 Å². The summed E-state index contributed by atoms with van der Waals surface area (Å²) in [6.45, 7) is 3.34. The maximum atomic E-state index is 13.7. The summed E-state index contributed by atoms with van der Waals surface area (Å²) in [5.41, 5.74) is 1.73. The van der Waals surface area contributed by atoms with E-state index in [1.807, 2.05) is 38.2 Å². The Morgan fingerprint density at radius 1 is 0.938 bits per heavy atom. The monoisotopic (exact) mass is 487 g/mol. The molecule has 0 saturated carbocycles. The lowest BCUT2D eigenvalue weighted by atomic mass is 9.89. The second kappa shape index (κ2) is 10.6. The average Bonchev–Trinajstić information content (AvgIpc) is 2.73. The van der Waals surface area contributed by atoms with Crippen LogP contribution >= 0.6 is 23.2 Å². The molecule has 0 bridgehead atoms. The highest BCUT2D eigenvalue weighted by molar-refractivity contribution is 6.42. The fraction of sp³-hybridized carbons (Fsp3) is 0.500. The van der Waals surface area contributed by atoms with Gasteiger partial charge in [0.05, 0.1) is 15.6 Å². The van der Waals surface area contributed by atoms with Crippen LogP contribution in [0.4, 0.5) is 18.9 Å². The van der Waals surface area contributed by atoms with Crippen LogP contribution < -0.4 is 4.90 Å². The van der Waals surface area contributed by atoms with Gasteiger partial charge in [-0.15, -0.1) is 0 Å². The first-order chi connectivity index (χ1) is 15.0. The fourth-order valence-electron chi connectivity index (χ4n) is 4.14. The summed E-state index contributed by atoms with van der Waals surface area (Å²) < 4.78 is 41.0. The van der Waals surface area contributed by atoms with E-state index >= 15 is 0 Å². The first-order valence-electron chi connectivity index (χ1n) is 10.8. The normalized spacial score (nSPS) is 16.0. The van der Waals surface area contributed by atoms with Gasteiger partial charge in [-0.2, -0.15) is 13.2 Å². The third-order valence-electron chi connectivity index (χ3n) is 6.11. The van der Waals surface area contributed by atoms with Crippen LogP contribution in [-0.4, -0.2) is 57.1 Å². The number of hydrogen-bond donors (Lipinski definition) is 0. The standard InChI is InChI=1S/C24H30Cl2F3N3/c1-30(2)12-13-31(3)20-5-6-21(24(27,28)29)19(14-20)16-32-10-8-17(9-11-32)18-4-7-22(25)23(26)15-18/h4-7,14-15,17H,8-13,16H2,1-3H3. The Balaban J connectivity index is 1.71. The fourth-order valence-corrected chi connectivity index (χ4v) is 4.44. The van der Waals surface area contributed by atoms with Crippen LogP contribution in [0.25, 0.3) is 0 Å². The van der Waals surface area contributed by atoms with Crippen LogP contribution in [-0.2, 0) is 12.7 Å². The smallest absolute Gasteiger partial charge is 0.373 e. The zero-order valence-corrected chi connectivity index (χ0v) is 20.2. The van der Waals surface area contributed by atoms with Crippen molar-refractivity contribution in [2.24, 2.45) is 0 Å². The van der Waals surface area contributed by atoms with Gasteiger partial charge in [0.25, 0.3) is 0 Å². The Bertz CT molecular complexity index is 910. The quantitative estimate of drug-likeness (QED) is 0.447. The molecule has 0 amide bonds. The molecule has 0 N–H and O–H groups in total. The molecular weight excluding hydrogens is 458 g/mol. The molecule has 1 aliphatic heterocycles. The minimum absolute atomic E-state index is 0.290. The van der Waals surface area contributed by atoms with Crippen LogP contribution in [0.3, 0.4) is 0 Å². The van der Waals surface area contributed by atoms with E-state index in [4.69, 9.17) is 23.2 Å². The van der Waals surface area contributed by atoms with E-state index in [0.29, 0.717) is 21.5 Å². The van der Waals surface area contributed by atoms with E-state index < -0.39 is 11.7 Å². The summed E-state index contributed by atoms with van der Waals surface area (Å²) in [6, 6.07) is 10.2. The summed E-state index contributed by atoms with van der Waals surface area (Å²) in [7, 11) is 5.87. The number of piperidine rings is 1. The van der Waals surface area contributed by atoms with Crippen molar-refractivity contribution in [3.05, 3.63) is 63.1 Å². The molecular formula is C24H30Cl2F3N3. The average molecular weight is 488 g/mol. The van der Waals surface area contributed by atoms with Gasteiger partial charge in [0.15, 0.2) is 0 Å². The van der Waals surface area contributed by atoms with Crippen LogP contribution in [0.5, 0.6) is 0 Å². The summed E-state index contributed by atoms with van der Waals surface area (Å²) in [5, 5.41) is 1.07. The lowest BCUT2D eigenvalue weighted by Crippen LogP contribution is -2.33. The van der Waals surface area contributed by atoms with Crippen molar-refractivity contribution in [2.45, 2.75) is 31.5 Å². The molecule has 1 aliphatic rings. The van der Waals surface area contributed by atoms with Crippen LogP contribution in [0, 0.1) is 0 Å². The Hall–Kier alpha value is -1.47. The molecule has 1 fully saturated rings. The van der Waals surface area contributed by atoms with E-state index in [0.717, 1.165) is 50.3 Å². The maximum Gasteiger partial charge on any atom is 0.416 e. The predicted octanol–water partition coefficient (Wildman–Crippen LogP) is 6.39. The summed E-state index contributed by atoms with van der Waals surface area (Å²) in [5.74, 6) is 0.339. The number of rotatable bonds is 7. The predicted molar refractivity (Wildman–Crippen MR) is 127 cm³/mol. The van der Waals surface area contributed by atoms with Crippen molar-refractivity contribution in [1.82, 2.24) is 9.80 Å². The molecule has 1 saturated heterocycles. The first kappa shape index (κ1) is 25.2. The van der Waals surface area contributed by atoms with Gasteiger partial charge in [-0.1, -0.05) is 29.3 Å². The molecule has 8 heteroatoms. The highest BCUT2D eigenvalue weighted by Crippen LogP contribution is 2.36. The molecule has 1 heterocycles. The molecule has 0 spiro atoms. The number of benzene rings is 2. The van der Waals surface area contributed by atoms with Crippen LogP contribution in [0.2, 0.25) is 10.0 Å². The van der Waals surface area contributed by atoms with Crippen LogP contribution in [0.1, 0.15) is 35.4 Å². The molecule has 2 aromatic rings. The number of likely N-dealkylation sites (tertiary alicyclic amines) is 1. The van der Waals surface area contributed by atoms with E-state index in [-0.39, 0.29) is 6.54 Å². The molecule has 3 nitrogen and oxygen atoms in total. The Labute approximate surface area is 198 Å². The van der Waals surface area contributed by atoms with Gasteiger partial charge in [0.2, 0.25) is 0 Å². The molecule has 0 unspecified atom stereocenters. The summed E-state index contributed by atoms with van der Waals surface area (Å²) >= 11 is 12.2. The van der Waals surface area contributed by atoms with E-state index in [1.165, 1.54) is 6.07 Å². The van der Waals surface area contributed by atoms with Crippen LogP contribution in [0.15, 0.2) is 36.4 Å². The lowest BCUT2D eigenvalue weighted by Gasteiger charge is -2.33. The van der Waals surface area contributed by atoms with Gasteiger partial charge < -0.3 is 9.80 Å². The Morgan fingerprint density at radius 2 is 1.62 bits per heavy atom. The Kier molecular flexibility index (Phi) is 8.37.